The minimum atomic E-state index is 1.11. The van der Waals surface area contributed by atoms with Gasteiger partial charge in [0.05, 0.1) is 5.52 Å². The Morgan fingerprint density at radius 1 is 1.00 bits per heavy atom. The molecule has 3 aromatic rings. The molecule has 0 aliphatic carbocycles. The van der Waals surface area contributed by atoms with E-state index in [-0.39, 0.29) is 0 Å². The smallest absolute Gasteiger partial charge is 0.0711 e. The number of benzene rings is 2. The highest BCUT2D eigenvalue weighted by Crippen LogP contribution is 2.27. The van der Waals surface area contributed by atoms with Crippen molar-refractivity contribution in [2.45, 2.75) is 26.2 Å². The molecule has 18 heavy (non-hydrogen) atoms. The van der Waals surface area contributed by atoms with Crippen molar-refractivity contribution in [1.82, 2.24) is 4.98 Å². The maximum atomic E-state index is 4.58. The Balaban J connectivity index is 2.32. The quantitative estimate of drug-likeness (QED) is 0.598. The van der Waals surface area contributed by atoms with E-state index in [2.05, 4.69) is 54.4 Å². The van der Waals surface area contributed by atoms with Gasteiger partial charge < -0.3 is 0 Å². The summed E-state index contributed by atoms with van der Waals surface area (Å²) in [6.07, 6.45) is 5.59. The molecule has 0 atom stereocenters. The molecule has 0 bridgehead atoms. The Morgan fingerprint density at radius 2 is 1.89 bits per heavy atom. The number of unbranched alkanes of at least 4 members (excludes halogenated alkanes) is 1. The van der Waals surface area contributed by atoms with Crippen LogP contribution in [0.3, 0.4) is 0 Å². The van der Waals surface area contributed by atoms with E-state index in [4.69, 9.17) is 0 Å². The first-order valence-corrected chi connectivity index (χ1v) is 6.65. The number of aromatic nitrogens is 1. The summed E-state index contributed by atoms with van der Waals surface area (Å²) in [7, 11) is 0. The van der Waals surface area contributed by atoms with Crippen molar-refractivity contribution < 1.29 is 0 Å². The van der Waals surface area contributed by atoms with Gasteiger partial charge in [-0.25, -0.2) is 0 Å². The van der Waals surface area contributed by atoms with Crippen molar-refractivity contribution >= 4 is 21.7 Å². The van der Waals surface area contributed by atoms with Crippen molar-refractivity contribution in [3.05, 3.63) is 54.2 Å². The number of aryl methyl sites for hydroxylation is 1. The maximum absolute atomic E-state index is 4.58. The monoisotopic (exact) mass is 235 g/mol. The van der Waals surface area contributed by atoms with Gasteiger partial charge in [0.1, 0.15) is 0 Å². The summed E-state index contributed by atoms with van der Waals surface area (Å²) >= 11 is 0. The lowest BCUT2D eigenvalue weighted by Crippen LogP contribution is -1.90. The zero-order chi connectivity index (χ0) is 12.4. The number of fused-ring (bicyclic) bond motifs is 3. The standard InChI is InChI=1S/C17H17N/c1-2-3-7-13-9-6-11-16-17(13)15-10-5-4-8-14(15)12-18-16/h4-6,8-12H,2-3,7H2,1H3. The summed E-state index contributed by atoms with van der Waals surface area (Å²) in [5.74, 6) is 0. The largest absolute Gasteiger partial charge is 0.256 e. The lowest BCUT2D eigenvalue weighted by atomic mass is 9.98. The first-order valence-electron chi connectivity index (χ1n) is 6.65. The topological polar surface area (TPSA) is 12.9 Å². The molecule has 1 heteroatoms. The highest BCUT2D eigenvalue weighted by Gasteiger charge is 2.05. The lowest BCUT2D eigenvalue weighted by molar-refractivity contribution is 0.799. The molecule has 0 saturated carbocycles. The van der Waals surface area contributed by atoms with Gasteiger partial charge in [0.25, 0.3) is 0 Å². The molecular formula is C17H17N. The Hall–Kier alpha value is -1.89. The van der Waals surface area contributed by atoms with Crippen LogP contribution in [0, 0.1) is 0 Å². The summed E-state index contributed by atoms with van der Waals surface area (Å²) in [4.78, 5) is 4.58. The third-order valence-electron chi connectivity index (χ3n) is 3.50. The van der Waals surface area contributed by atoms with Gasteiger partial charge in [-0.3, -0.25) is 4.98 Å². The van der Waals surface area contributed by atoms with Crippen molar-refractivity contribution in [2.24, 2.45) is 0 Å². The molecule has 0 unspecified atom stereocenters. The molecule has 2 aromatic carbocycles. The van der Waals surface area contributed by atoms with E-state index in [0.29, 0.717) is 0 Å². The fraction of sp³-hybridized carbons (Fsp3) is 0.235. The Labute approximate surface area is 107 Å². The summed E-state index contributed by atoms with van der Waals surface area (Å²) in [6.45, 7) is 2.24. The fourth-order valence-electron chi connectivity index (χ4n) is 2.56. The van der Waals surface area contributed by atoms with Crippen LogP contribution in [0.1, 0.15) is 25.3 Å². The van der Waals surface area contributed by atoms with Crippen LogP contribution in [0.4, 0.5) is 0 Å². The van der Waals surface area contributed by atoms with Crippen LogP contribution >= 0.6 is 0 Å². The number of nitrogens with zero attached hydrogens (tertiary/aromatic N) is 1. The number of pyridine rings is 1. The van der Waals surface area contributed by atoms with Crippen LogP contribution < -0.4 is 0 Å². The van der Waals surface area contributed by atoms with Gasteiger partial charge in [-0.15, -0.1) is 0 Å². The van der Waals surface area contributed by atoms with Gasteiger partial charge >= 0.3 is 0 Å². The van der Waals surface area contributed by atoms with E-state index in [9.17, 15) is 0 Å². The molecule has 0 radical (unpaired) electrons. The van der Waals surface area contributed by atoms with Gasteiger partial charge in [0.2, 0.25) is 0 Å². The van der Waals surface area contributed by atoms with Crippen LogP contribution in [0.15, 0.2) is 48.7 Å². The summed E-state index contributed by atoms with van der Waals surface area (Å²) in [5, 5.41) is 3.90. The zero-order valence-corrected chi connectivity index (χ0v) is 10.7. The first-order chi connectivity index (χ1) is 8.90. The molecule has 0 amide bonds. The summed E-state index contributed by atoms with van der Waals surface area (Å²) in [6, 6.07) is 15.0. The average molecular weight is 235 g/mol. The molecule has 3 rings (SSSR count). The van der Waals surface area contributed by atoms with Gasteiger partial charge in [-0.2, -0.15) is 0 Å². The zero-order valence-electron chi connectivity index (χ0n) is 10.7. The van der Waals surface area contributed by atoms with E-state index in [1.807, 2.05) is 6.20 Å². The number of hydrogen-bond acceptors (Lipinski definition) is 1. The van der Waals surface area contributed by atoms with Gasteiger partial charge in [-0.05, 0) is 29.9 Å². The van der Waals surface area contributed by atoms with Crippen LogP contribution in [0.2, 0.25) is 0 Å². The van der Waals surface area contributed by atoms with Crippen molar-refractivity contribution in [3.8, 4) is 0 Å². The Morgan fingerprint density at radius 3 is 2.78 bits per heavy atom. The third-order valence-corrected chi connectivity index (χ3v) is 3.50. The minimum Gasteiger partial charge on any atom is -0.256 e. The highest BCUT2D eigenvalue weighted by atomic mass is 14.6. The molecule has 1 nitrogen and oxygen atoms in total. The van der Waals surface area contributed by atoms with Crippen LogP contribution in [0.5, 0.6) is 0 Å². The SMILES string of the molecule is CCCCc1cccc2ncc3ccccc3c12. The molecule has 0 N–H and O–H groups in total. The molecule has 0 spiro atoms. The molecular weight excluding hydrogens is 218 g/mol. The molecule has 0 fully saturated rings. The van der Waals surface area contributed by atoms with E-state index < -0.39 is 0 Å². The molecule has 1 aromatic heterocycles. The van der Waals surface area contributed by atoms with Gasteiger partial charge in [-0.1, -0.05) is 49.7 Å². The Kier molecular flexibility index (Phi) is 2.97. The highest BCUT2D eigenvalue weighted by molar-refractivity contribution is 6.07. The number of rotatable bonds is 3. The maximum Gasteiger partial charge on any atom is 0.0711 e. The molecule has 90 valence electrons. The van der Waals surface area contributed by atoms with E-state index >= 15 is 0 Å². The van der Waals surface area contributed by atoms with Crippen molar-refractivity contribution in [1.29, 1.82) is 0 Å². The lowest BCUT2D eigenvalue weighted by Gasteiger charge is -2.08. The second kappa shape index (κ2) is 4.77. The normalized spacial score (nSPS) is 11.2. The van der Waals surface area contributed by atoms with E-state index in [0.717, 1.165) is 11.9 Å². The first kappa shape index (κ1) is 11.2. The Bertz CT molecular complexity index is 685. The molecule has 0 aliphatic heterocycles. The molecule has 1 heterocycles. The van der Waals surface area contributed by atoms with Crippen molar-refractivity contribution in [2.75, 3.05) is 0 Å². The second-order valence-electron chi connectivity index (χ2n) is 4.76. The predicted molar refractivity (Wildman–Crippen MR) is 77.9 cm³/mol. The van der Waals surface area contributed by atoms with Gasteiger partial charge in [0.15, 0.2) is 0 Å². The van der Waals surface area contributed by atoms with Crippen LogP contribution in [0.25, 0.3) is 21.7 Å². The predicted octanol–water partition coefficient (Wildman–Crippen LogP) is 4.73. The fourth-order valence-corrected chi connectivity index (χ4v) is 2.56. The third kappa shape index (κ3) is 1.86. The molecule has 0 saturated heterocycles. The van der Waals surface area contributed by atoms with E-state index in [1.54, 1.807) is 0 Å². The molecule has 0 aliphatic rings. The average Bonchev–Trinajstić information content (AvgIpc) is 2.44. The van der Waals surface area contributed by atoms with Crippen molar-refractivity contribution in [3.63, 3.8) is 0 Å². The van der Waals surface area contributed by atoms with Crippen LogP contribution in [-0.4, -0.2) is 4.98 Å². The second-order valence-corrected chi connectivity index (χ2v) is 4.76. The minimum absolute atomic E-state index is 1.11. The summed E-state index contributed by atoms with van der Waals surface area (Å²) in [5.41, 5.74) is 2.54. The van der Waals surface area contributed by atoms with Crippen LogP contribution in [-0.2, 0) is 6.42 Å². The van der Waals surface area contributed by atoms with E-state index in [1.165, 1.54) is 34.6 Å². The van der Waals surface area contributed by atoms with Gasteiger partial charge in [0, 0.05) is 17.0 Å². The number of hydrogen-bond donors (Lipinski definition) is 0. The summed E-state index contributed by atoms with van der Waals surface area (Å²) < 4.78 is 0.